The van der Waals surface area contributed by atoms with Crippen LogP contribution in [0.25, 0.3) is 0 Å². The van der Waals surface area contributed by atoms with Crippen LogP contribution in [-0.4, -0.2) is 46.4 Å². The lowest BCUT2D eigenvalue weighted by molar-refractivity contribution is -0.130. The van der Waals surface area contributed by atoms with E-state index in [1.165, 1.54) is 11.0 Å². The monoisotopic (exact) mass is 307 g/mol. The van der Waals surface area contributed by atoms with Gasteiger partial charge in [0.1, 0.15) is 5.01 Å². The molecule has 2 rings (SSSR count). The van der Waals surface area contributed by atoms with E-state index in [1.807, 2.05) is 11.8 Å². The lowest BCUT2D eigenvalue weighted by atomic mass is 10.0. The second-order valence-electron chi connectivity index (χ2n) is 5.61. The normalized spacial score (nSPS) is 19.5. The zero-order chi connectivity index (χ0) is 15.4. The van der Waals surface area contributed by atoms with Gasteiger partial charge in [-0.2, -0.15) is 0 Å². The van der Waals surface area contributed by atoms with Gasteiger partial charge in [0, 0.05) is 17.5 Å². The highest BCUT2D eigenvalue weighted by atomic mass is 32.1. The molecule has 1 aliphatic rings. The van der Waals surface area contributed by atoms with Crippen LogP contribution < -0.4 is 0 Å². The standard InChI is InChI=1S/C16H25N3OS/c1-5-16(20)19(11-15-17-12(3)13(4)21-15)14-8-7-9-18(6-2)10-14/h5,14H,1,6-11H2,2-4H3. The SMILES string of the molecule is C=CC(=O)N(Cc1nc(C)c(C)s1)C1CCCN(CC)C1. The number of carbonyl (C=O) groups is 1. The molecule has 1 unspecified atom stereocenters. The zero-order valence-corrected chi connectivity index (χ0v) is 14.1. The molecule has 1 aliphatic heterocycles. The summed E-state index contributed by atoms with van der Waals surface area (Å²) in [5, 5.41) is 1.02. The maximum atomic E-state index is 12.3. The summed E-state index contributed by atoms with van der Waals surface area (Å²) in [7, 11) is 0. The van der Waals surface area contributed by atoms with Gasteiger partial charge < -0.3 is 9.80 Å². The number of aryl methyl sites for hydroxylation is 2. The minimum atomic E-state index is 0.0171. The Morgan fingerprint density at radius 3 is 2.90 bits per heavy atom. The Bertz CT molecular complexity index is 492. The van der Waals surface area contributed by atoms with Crippen LogP contribution in [0, 0.1) is 13.8 Å². The van der Waals surface area contributed by atoms with Crippen LogP contribution >= 0.6 is 11.3 Å². The zero-order valence-electron chi connectivity index (χ0n) is 13.3. The lowest BCUT2D eigenvalue weighted by Crippen LogP contribution is -2.49. The van der Waals surface area contributed by atoms with E-state index in [2.05, 4.69) is 30.3 Å². The molecule has 21 heavy (non-hydrogen) atoms. The van der Waals surface area contributed by atoms with Gasteiger partial charge in [0.25, 0.3) is 0 Å². The van der Waals surface area contributed by atoms with Crippen molar-refractivity contribution < 1.29 is 4.79 Å². The van der Waals surface area contributed by atoms with Crippen molar-refractivity contribution in [3.63, 3.8) is 0 Å². The average molecular weight is 307 g/mol. The fourth-order valence-electron chi connectivity index (χ4n) is 2.83. The minimum absolute atomic E-state index is 0.0171. The van der Waals surface area contributed by atoms with Crippen LogP contribution in [0.3, 0.4) is 0 Å². The van der Waals surface area contributed by atoms with Gasteiger partial charge >= 0.3 is 0 Å². The number of hydrogen-bond acceptors (Lipinski definition) is 4. The molecule has 2 heterocycles. The number of nitrogens with zero attached hydrogens (tertiary/aromatic N) is 3. The van der Waals surface area contributed by atoms with Gasteiger partial charge in [-0.3, -0.25) is 4.79 Å². The number of thiazole rings is 1. The highest BCUT2D eigenvalue weighted by Gasteiger charge is 2.27. The summed E-state index contributed by atoms with van der Waals surface area (Å²) >= 11 is 1.69. The number of likely N-dealkylation sites (N-methyl/N-ethyl adjacent to an activating group) is 1. The molecule has 0 aromatic carbocycles. The van der Waals surface area contributed by atoms with Crippen LogP contribution in [0.4, 0.5) is 0 Å². The summed E-state index contributed by atoms with van der Waals surface area (Å²) in [5.41, 5.74) is 1.07. The molecule has 0 N–H and O–H groups in total. The predicted molar refractivity (Wildman–Crippen MR) is 87.5 cm³/mol. The van der Waals surface area contributed by atoms with Gasteiger partial charge in [-0.1, -0.05) is 13.5 Å². The van der Waals surface area contributed by atoms with Gasteiger partial charge in [0.2, 0.25) is 5.91 Å². The number of hydrogen-bond donors (Lipinski definition) is 0. The second kappa shape index (κ2) is 7.18. The second-order valence-corrected chi connectivity index (χ2v) is 6.90. The number of rotatable bonds is 5. The van der Waals surface area contributed by atoms with Gasteiger partial charge in [0.05, 0.1) is 12.2 Å². The summed E-state index contributed by atoms with van der Waals surface area (Å²) in [5.74, 6) is 0.0171. The van der Waals surface area contributed by atoms with Gasteiger partial charge in [-0.25, -0.2) is 4.98 Å². The molecular weight excluding hydrogens is 282 g/mol. The fraction of sp³-hybridized carbons (Fsp3) is 0.625. The van der Waals surface area contributed by atoms with Crippen molar-refractivity contribution in [1.29, 1.82) is 0 Å². The first-order valence-electron chi connectivity index (χ1n) is 7.63. The number of piperidine rings is 1. The molecule has 0 bridgehead atoms. The molecular formula is C16H25N3OS. The van der Waals surface area contributed by atoms with Crippen LogP contribution in [0.2, 0.25) is 0 Å². The molecule has 0 aliphatic carbocycles. The average Bonchev–Trinajstić information content (AvgIpc) is 2.82. The highest BCUT2D eigenvalue weighted by Crippen LogP contribution is 2.22. The van der Waals surface area contributed by atoms with E-state index in [0.717, 1.165) is 43.2 Å². The first-order chi connectivity index (χ1) is 10.0. The summed E-state index contributed by atoms with van der Waals surface area (Å²) in [6.07, 6.45) is 3.65. The van der Waals surface area contributed by atoms with Gasteiger partial charge in [0.15, 0.2) is 0 Å². The molecule has 0 radical (unpaired) electrons. The first-order valence-corrected chi connectivity index (χ1v) is 8.45. The Morgan fingerprint density at radius 2 is 2.33 bits per heavy atom. The maximum Gasteiger partial charge on any atom is 0.246 e. The van der Waals surface area contributed by atoms with E-state index < -0.39 is 0 Å². The van der Waals surface area contributed by atoms with Crippen molar-refractivity contribution >= 4 is 17.2 Å². The molecule has 116 valence electrons. The van der Waals surface area contributed by atoms with Crippen molar-refractivity contribution in [2.24, 2.45) is 0 Å². The third kappa shape index (κ3) is 3.92. The Morgan fingerprint density at radius 1 is 1.57 bits per heavy atom. The van der Waals surface area contributed by atoms with E-state index in [9.17, 15) is 4.79 Å². The molecule has 0 saturated carbocycles. The van der Waals surface area contributed by atoms with E-state index in [0.29, 0.717) is 6.54 Å². The Hall–Kier alpha value is -1.20. The van der Waals surface area contributed by atoms with E-state index in [4.69, 9.17) is 0 Å². The highest BCUT2D eigenvalue weighted by molar-refractivity contribution is 7.11. The number of likely N-dealkylation sites (tertiary alicyclic amines) is 1. The van der Waals surface area contributed by atoms with Crippen molar-refractivity contribution in [3.05, 3.63) is 28.2 Å². The third-order valence-electron chi connectivity index (χ3n) is 4.20. The summed E-state index contributed by atoms with van der Waals surface area (Å²) in [6, 6.07) is 0.272. The largest absolute Gasteiger partial charge is 0.328 e. The van der Waals surface area contributed by atoms with Crippen molar-refractivity contribution in [3.8, 4) is 0 Å². The molecule has 1 fully saturated rings. The molecule has 1 aromatic heterocycles. The quantitative estimate of drug-likeness (QED) is 0.785. The summed E-state index contributed by atoms with van der Waals surface area (Å²) in [6.45, 7) is 13.7. The number of amides is 1. The first kappa shape index (κ1) is 16.2. The van der Waals surface area contributed by atoms with Crippen molar-refractivity contribution in [1.82, 2.24) is 14.8 Å². The Balaban J connectivity index is 2.14. The minimum Gasteiger partial charge on any atom is -0.328 e. The maximum absolute atomic E-state index is 12.3. The van der Waals surface area contributed by atoms with Crippen molar-refractivity contribution in [2.75, 3.05) is 19.6 Å². The lowest BCUT2D eigenvalue weighted by Gasteiger charge is -2.38. The smallest absolute Gasteiger partial charge is 0.246 e. The van der Waals surface area contributed by atoms with Gasteiger partial charge in [-0.05, 0) is 45.9 Å². The van der Waals surface area contributed by atoms with E-state index in [-0.39, 0.29) is 11.9 Å². The summed E-state index contributed by atoms with van der Waals surface area (Å²) < 4.78 is 0. The van der Waals surface area contributed by atoms with Crippen LogP contribution in [0.15, 0.2) is 12.7 Å². The molecule has 4 nitrogen and oxygen atoms in total. The number of carbonyl (C=O) groups excluding carboxylic acids is 1. The van der Waals surface area contributed by atoms with Gasteiger partial charge in [-0.15, -0.1) is 11.3 Å². The van der Waals surface area contributed by atoms with Crippen molar-refractivity contribution in [2.45, 2.75) is 46.2 Å². The van der Waals surface area contributed by atoms with Crippen LogP contribution in [0.1, 0.15) is 35.3 Å². The van der Waals surface area contributed by atoms with Crippen LogP contribution in [0.5, 0.6) is 0 Å². The Kier molecular flexibility index (Phi) is 5.53. The molecule has 1 saturated heterocycles. The fourth-order valence-corrected chi connectivity index (χ4v) is 3.76. The van der Waals surface area contributed by atoms with E-state index in [1.54, 1.807) is 11.3 Å². The molecule has 5 heteroatoms. The molecule has 1 amide bonds. The predicted octanol–water partition coefficient (Wildman–Crippen LogP) is 2.76. The Labute approximate surface area is 131 Å². The summed E-state index contributed by atoms with van der Waals surface area (Å²) in [4.78, 5) is 22.4. The molecule has 1 atom stereocenters. The van der Waals surface area contributed by atoms with Crippen LogP contribution in [-0.2, 0) is 11.3 Å². The molecule has 0 spiro atoms. The van der Waals surface area contributed by atoms with E-state index >= 15 is 0 Å². The number of aromatic nitrogens is 1. The topological polar surface area (TPSA) is 36.4 Å². The third-order valence-corrected chi connectivity index (χ3v) is 5.26. The molecule has 1 aromatic rings.